The molecule has 1 aromatic rings. The summed E-state index contributed by atoms with van der Waals surface area (Å²) in [5.74, 6) is 0. The van der Waals surface area contributed by atoms with Gasteiger partial charge in [0.1, 0.15) is 0 Å². The Morgan fingerprint density at radius 2 is 2.18 bits per heavy atom. The summed E-state index contributed by atoms with van der Waals surface area (Å²) in [6.45, 7) is 0. The van der Waals surface area contributed by atoms with Gasteiger partial charge in [-0.2, -0.15) is 0 Å². The molecule has 0 aromatic heterocycles. The first-order valence-electron chi connectivity index (χ1n) is 2.99. The van der Waals surface area contributed by atoms with E-state index in [-0.39, 0.29) is 0 Å². The van der Waals surface area contributed by atoms with E-state index in [9.17, 15) is 0 Å². The van der Waals surface area contributed by atoms with E-state index < -0.39 is 0 Å². The zero-order valence-electron chi connectivity index (χ0n) is 5.64. The van der Waals surface area contributed by atoms with Gasteiger partial charge >= 0.3 is 72.9 Å². The first-order valence-corrected chi connectivity index (χ1v) is 3.51. The van der Waals surface area contributed by atoms with Crippen LogP contribution in [0, 0.1) is 6.07 Å². The topological polar surface area (TPSA) is 48.1 Å². The van der Waals surface area contributed by atoms with Crippen LogP contribution in [0.15, 0.2) is 24.3 Å². The Morgan fingerprint density at radius 3 is 2.82 bits per heavy atom. The first-order chi connectivity index (χ1) is 5.43. The van der Waals surface area contributed by atoms with Crippen molar-refractivity contribution < 1.29 is 16.0 Å². The molecule has 4 nitrogen and oxygen atoms in total. The molecule has 5 heteroatoms. The molecule has 0 amide bonds. The second-order valence-corrected chi connectivity index (χ2v) is 1.99. The van der Waals surface area contributed by atoms with Crippen LogP contribution in [0.2, 0.25) is 0 Å². The van der Waals surface area contributed by atoms with Crippen LogP contribution in [-0.2, 0) is 16.0 Å². The summed E-state index contributed by atoms with van der Waals surface area (Å²) in [6.07, 6.45) is 0. The maximum atomic E-state index is 3.74. The Bertz CT molecular complexity index is 191. The van der Waals surface area contributed by atoms with Gasteiger partial charge in [0.25, 0.3) is 0 Å². The minimum atomic E-state index is 0.850. The quantitative estimate of drug-likeness (QED) is 0.399. The second kappa shape index (κ2) is 5.11. The predicted octanol–water partition coefficient (Wildman–Crippen LogP) is -0.126. The molecule has 4 N–H and O–H groups in total. The maximum absolute atomic E-state index is 3.74. The molecule has 11 heavy (non-hydrogen) atoms. The summed E-state index contributed by atoms with van der Waals surface area (Å²) in [6, 6.07) is 10.5. The molecule has 1 rings (SSSR count). The summed E-state index contributed by atoms with van der Waals surface area (Å²) < 4.78 is 2.39. The molecule has 0 aliphatic rings. The van der Waals surface area contributed by atoms with Gasteiger partial charge in [-0.1, -0.05) is 0 Å². The summed E-state index contributed by atoms with van der Waals surface area (Å²) in [7, 11) is 0. The molecule has 1 radical (unpaired) electrons. The molecule has 0 heterocycles. The summed E-state index contributed by atoms with van der Waals surface area (Å²) >= 11 is 3.74. The van der Waals surface area contributed by atoms with Crippen molar-refractivity contribution in [2.24, 2.45) is 0 Å². The Hall–Kier alpha value is -0.594. The molecule has 0 aliphatic carbocycles. The van der Waals surface area contributed by atoms with E-state index >= 15 is 0 Å². The molecule has 0 atom stereocenters. The summed E-state index contributed by atoms with van der Waals surface area (Å²) in [5, 5.41) is 0. The van der Waals surface area contributed by atoms with Crippen LogP contribution < -0.4 is 21.0 Å². The van der Waals surface area contributed by atoms with Gasteiger partial charge in [-0.15, -0.1) is 0 Å². The van der Waals surface area contributed by atoms with Crippen LogP contribution in [0.4, 0.5) is 5.69 Å². The Kier molecular flexibility index (Phi) is 3.95. The number of rotatable bonds is 4. The average Bonchev–Trinajstić information content (AvgIpc) is 2.07. The number of hydrogen-bond acceptors (Lipinski definition) is 4. The van der Waals surface area contributed by atoms with Crippen molar-refractivity contribution in [1.29, 1.82) is 0 Å². The van der Waals surface area contributed by atoms with Crippen molar-refractivity contribution >= 4 is 5.69 Å². The fourth-order valence-corrected chi connectivity index (χ4v) is 0.656. The third-order valence-corrected chi connectivity index (χ3v) is 1.14. The number of hydrogen-bond donors (Lipinski definition) is 4. The van der Waals surface area contributed by atoms with Crippen LogP contribution in [0.3, 0.4) is 0 Å². The van der Waals surface area contributed by atoms with Crippen LogP contribution in [-0.4, -0.2) is 0 Å². The van der Waals surface area contributed by atoms with E-state index in [1.54, 1.807) is 0 Å². The zero-order chi connectivity index (χ0) is 7.94. The van der Waals surface area contributed by atoms with Crippen molar-refractivity contribution in [1.82, 2.24) is 15.5 Å². The predicted molar refractivity (Wildman–Crippen MR) is 38.3 cm³/mol. The molecule has 1 aromatic carbocycles. The van der Waals surface area contributed by atoms with Gasteiger partial charge in [0, 0.05) is 0 Å². The van der Waals surface area contributed by atoms with E-state index in [2.05, 4.69) is 43.0 Å². The molecule has 61 valence electrons. The monoisotopic (exact) mass is 195 g/mol. The molecule has 0 fully saturated rings. The van der Waals surface area contributed by atoms with Gasteiger partial charge in [0.2, 0.25) is 0 Å². The van der Waals surface area contributed by atoms with Crippen LogP contribution in [0.5, 0.6) is 0 Å². The fourth-order valence-electron chi connectivity index (χ4n) is 0.591. The third-order valence-electron chi connectivity index (χ3n) is 1.01. The zero-order valence-corrected chi connectivity index (χ0v) is 6.68. The average molecular weight is 195 g/mol. The molecule has 0 bridgehead atoms. The molecule has 0 aliphatic heterocycles. The van der Waals surface area contributed by atoms with E-state index in [0.717, 1.165) is 5.69 Å². The molecular formula is C6H8CoN4. The van der Waals surface area contributed by atoms with E-state index in [1.165, 1.54) is 0 Å². The Labute approximate surface area is 73.5 Å². The molecule has 0 unspecified atom stereocenters. The summed E-state index contributed by atoms with van der Waals surface area (Å²) in [5.41, 5.74) is 8.82. The standard InChI is InChI=1S/C6H8N4.Co/c7-9-10-8-6-4-2-1-3-5-6;/h1-4,7-10H;/q-1;+1. The number of nitrogens with one attached hydrogen (secondary N) is 4. The summed E-state index contributed by atoms with van der Waals surface area (Å²) in [4.78, 5) is 0. The van der Waals surface area contributed by atoms with Crippen LogP contribution in [0.25, 0.3) is 0 Å². The van der Waals surface area contributed by atoms with Crippen molar-refractivity contribution in [2.75, 3.05) is 5.43 Å². The minimum absolute atomic E-state index is 0.850. The number of anilines is 1. The van der Waals surface area contributed by atoms with Gasteiger partial charge in [-0.05, 0) is 0 Å². The van der Waals surface area contributed by atoms with Gasteiger partial charge in [0.15, 0.2) is 0 Å². The van der Waals surface area contributed by atoms with Gasteiger partial charge in [0.05, 0.1) is 0 Å². The van der Waals surface area contributed by atoms with Gasteiger partial charge in [-0.3, -0.25) is 0 Å². The van der Waals surface area contributed by atoms with E-state index in [1.807, 2.05) is 24.3 Å². The molecule has 0 saturated carbocycles. The van der Waals surface area contributed by atoms with E-state index in [0.29, 0.717) is 0 Å². The van der Waals surface area contributed by atoms with Gasteiger partial charge in [-0.25, -0.2) is 0 Å². The Morgan fingerprint density at radius 1 is 1.27 bits per heavy atom. The number of benzene rings is 1. The molecule has 0 spiro atoms. The fraction of sp³-hybridized carbons (Fsp3) is 0. The van der Waals surface area contributed by atoms with Gasteiger partial charge < -0.3 is 0 Å². The SMILES string of the molecule is [Co][NH]NNNc1[c]cccc1. The molecule has 0 saturated heterocycles. The van der Waals surface area contributed by atoms with Crippen molar-refractivity contribution in [3.63, 3.8) is 0 Å². The number of para-hydroxylation sites is 1. The van der Waals surface area contributed by atoms with E-state index in [4.69, 9.17) is 0 Å². The molecular weight excluding hydrogens is 187 g/mol. The Balaban J connectivity index is 2.28. The van der Waals surface area contributed by atoms with Crippen molar-refractivity contribution in [2.45, 2.75) is 0 Å². The van der Waals surface area contributed by atoms with Crippen LogP contribution >= 0.6 is 0 Å². The second-order valence-electron chi connectivity index (χ2n) is 1.73. The van der Waals surface area contributed by atoms with Crippen molar-refractivity contribution in [3.8, 4) is 0 Å². The normalized spacial score (nSPS) is 9.64. The van der Waals surface area contributed by atoms with Crippen molar-refractivity contribution in [3.05, 3.63) is 30.3 Å². The number of hydrazine groups is 3. The third kappa shape index (κ3) is 3.35. The van der Waals surface area contributed by atoms with Crippen LogP contribution in [0.1, 0.15) is 0 Å². The first kappa shape index (κ1) is 8.50.